The molecule has 0 bridgehead atoms. The fourth-order valence-corrected chi connectivity index (χ4v) is 2.32. The van der Waals surface area contributed by atoms with Gasteiger partial charge in [0.25, 0.3) is 5.91 Å². The maximum absolute atomic E-state index is 12.8. The van der Waals surface area contributed by atoms with Crippen LogP contribution >= 0.6 is 0 Å². The van der Waals surface area contributed by atoms with E-state index in [-0.39, 0.29) is 0 Å². The van der Waals surface area contributed by atoms with Gasteiger partial charge in [0.1, 0.15) is 6.61 Å². The number of hydrogen-bond acceptors (Lipinski definition) is 9. The van der Waals surface area contributed by atoms with Gasteiger partial charge in [0.2, 0.25) is 6.10 Å². The van der Waals surface area contributed by atoms with E-state index >= 15 is 0 Å². The standard InChI is InChI=1S/C19H23NO9/c1-11(21)26-10-16(27-12(2)22)17(28-13(3)23)18(29-14(4)24)19(25)20-15-8-6-5-7-9-15/h5-9,16-18H,10H2,1-4H3,(H,20,25)/t16-,17-,18+/m0/s1. The zero-order chi connectivity index (χ0) is 22.0. The number of amides is 1. The number of carbonyl (C=O) groups excluding carboxylic acids is 5. The van der Waals surface area contributed by atoms with Crippen molar-refractivity contribution in [3.63, 3.8) is 0 Å². The van der Waals surface area contributed by atoms with Crippen LogP contribution in [0.3, 0.4) is 0 Å². The second kappa shape index (κ2) is 11.4. The van der Waals surface area contributed by atoms with E-state index in [0.717, 1.165) is 27.7 Å². The molecule has 1 aromatic carbocycles. The third kappa shape index (κ3) is 8.87. The first-order chi connectivity index (χ1) is 13.6. The summed E-state index contributed by atoms with van der Waals surface area (Å²) in [5, 5.41) is 2.52. The Labute approximate surface area is 167 Å². The molecule has 0 aliphatic rings. The number of para-hydroxylation sites is 1. The number of anilines is 1. The molecule has 0 aliphatic carbocycles. The summed E-state index contributed by atoms with van der Waals surface area (Å²) in [5.41, 5.74) is 0.389. The van der Waals surface area contributed by atoms with Gasteiger partial charge < -0.3 is 24.3 Å². The summed E-state index contributed by atoms with van der Waals surface area (Å²) >= 11 is 0. The van der Waals surface area contributed by atoms with Crippen LogP contribution in [0.5, 0.6) is 0 Å². The van der Waals surface area contributed by atoms with Crippen LogP contribution < -0.4 is 5.32 Å². The first kappa shape index (κ1) is 23.6. The average molecular weight is 409 g/mol. The third-order valence-corrected chi connectivity index (χ3v) is 3.33. The summed E-state index contributed by atoms with van der Waals surface area (Å²) in [6.45, 7) is 3.79. The lowest BCUT2D eigenvalue weighted by molar-refractivity contribution is -0.190. The summed E-state index contributed by atoms with van der Waals surface area (Å²) in [5.74, 6) is -3.99. The quantitative estimate of drug-likeness (QED) is 0.468. The zero-order valence-electron chi connectivity index (χ0n) is 16.5. The van der Waals surface area contributed by atoms with Crippen LogP contribution in [0.1, 0.15) is 27.7 Å². The van der Waals surface area contributed by atoms with Crippen molar-refractivity contribution in [1.29, 1.82) is 0 Å². The normalized spacial score (nSPS) is 13.2. The summed E-state index contributed by atoms with van der Waals surface area (Å²) < 4.78 is 20.1. The van der Waals surface area contributed by atoms with Gasteiger partial charge >= 0.3 is 23.9 Å². The molecule has 0 heterocycles. The highest BCUT2D eigenvalue weighted by atomic mass is 16.6. The van der Waals surface area contributed by atoms with E-state index < -0.39 is 54.7 Å². The van der Waals surface area contributed by atoms with Crippen LogP contribution in [0.4, 0.5) is 5.69 Å². The van der Waals surface area contributed by atoms with Crippen molar-refractivity contribution < 1.29 is 42.9 Å². The van der Waals surface area contributed by atoms with E-state index in [0.29, 0.717) is 5.69 Å². The average Bonchev–Trinajstić information content (AvgIpc) is 2.61. The van der Waals surface area contributed by atoms with Gasteiger partial charge in [-0.2, -0.15) is 0 Å². The van der Waals surface area contributed by atoms with Gasteiger partial charge in [0, 0.05) is 33.4 Å². The number of esters is 4. The first-order valence-electron chi connectivity index (χ1n) is 8.61. The largest absolute Gasteiger partial charge is 0.462 e. The van der Waals surface area contributed by atoms with Gasteiger partial charge in [-0.15, -0.1) is 0 Å². The molecule has 0 unspecified atom stereocenters. The van der Waals surface area contributed by atoms with Crippen molar-refractivity contribution >= 4 is 35.5 Å². The highest BCUT2D eigenvalue weighted by Crippen LogP contribution is 2.17. The molecule has 1 rings (SSSR count). The Bertz CT molecular complexity index is 747. The van der Waals surface area contributed by atoms with Gasteiger partial charge in [-0.3, -0.25) is 24.0 Å². The van der Waals surface area contributed by atoms with Gasteiger partial charge in [0.15, 0.2) is 12.2 Å². The summed E-state index contributed by atoms with van der Waals surface area (Å²) in [7, 11) is 0. The molecule has 3 atom stereocenters. The molecular formula is C19H23NO9. The van der Waals surface area contributed by atoms with E-state index in [4.69, 9.17) is 18.9 Å². The molecule has 0 aliphatic heterocycles. The molecule has 0 saturated heterocycles. The van der Waals surface area contributed by atoms with Crippen molar-refractivity contribution in [2.75, 3.05) is 11.9 Å². The summed E-state index contributed by atoms with van der Waals surface area (Å²) in [4.78, 5) is 58.6. The predicted octanol–water partition coefficient (Wildman–Crippen LogP) is 0.983. The second-order valence-corrected chi connectivity index (χ2v) is 5.91. The lowest BCUT2D eigenvalue weighted by Crippen LogP contribution is -2.52. The Morgan fingerprint density at radius 1 is 0.793 bits per heavy atom. The minimum atomic E-state index is -1.68. The number of rotatable bonds is 9. The Hall–Kier alpha value is -3.43. The summed E-state index contributed by atoms with van der Waals surface area (Å²) in [6.07, 6.45) is -4.65. The topological polar surface area (TPSA) is 134 Å². The smallest absolute Gasteiger partial charge is 0.303 e. The van der Waals surface area contributed by atoms with Crippen molar-refractivity contribution in [2.24, 2.45) is 0 Å². The molecule has 158 valence electrons. The van der Waals surface area contributed by atoms with Gasteiger partial charge in [0.05, 0.1) is 0 Å². The summed E-state index contributed by atoms with van der Waals surface area (Å²) in [6, 6.07) is 8.25. The predicted molar refractivity (Wildman–Crippen MR) is 98.4 cm³/mol. The SMILES string of the molecule is CC(=O)OC[C@H](OC(C)=O)[C@H](OC(C)=O)[C@@H](OC(C)=O)C(=O)Nc1ccccc1. The maximum atomic E-state index is 12.8. The van der Waals surface area contributed by atoms with Crippen LogP contribution in [0, 0.1) is 0 Å². The maximum Gasteiger partial charge on any atom is 0.303 e. The van der Waals surface area contributed by atoms with Crippen molar-refractivity contribution in [3.8, 4) is 0 Å². The van der Waals surface area contributed by atoms with E-state index in [2.05, 4.69) is 5.32 Å². The minimum Gasteiger partial charge on any atom is -0.462 e. The fraction of sp³-hybridized carbons (Fsp3) is 0.421. The minimum absolute atomic E-state index is 0.389. The molecule has 1 amide bonds. The number of hydrogen-bond donors (Lipinski definition) is 1. The molecule has 0 spiro atoms. The molecular weight excluding hydrogens is 386 g/mol. The molecule has 0 aromatic heterocycles. The number of carbonyl (C=O) groups is 5. The lowest BCUT2D eigenvalue weighted by atomic mass is 10.1. The molecule has 29 heavy (non-hydrogen) atoms. The van der Waals surface area contributed by atoms with Crippen molar-refractivity contribution in [3.05, 3.63) is 30.3 Å². The Balaban J connectivity index is 3.24. The second-order valence-electron chi connectivity index (χ2n) is 5.91. The van der Waals surface area contributed by atoms with E-state index in [1.807, 2.05) is 0 Å². The van der Waals surface area contributed by atoms with Crippen LogP contribution in [0.15, 0.2) is 30.3 Å². The molecule has 0 radical (unpaired) electrons. The van der Waals surface area contributed by atoms with Gasteiger partial charge in [-0.1, -0.05) is 18.2 Å². The van der Waals surface area contributed by atoms with Crippen molar-refractivity contribution in [1.82, 2.24) is 0 Å². The molecule has 1 N–H and O–H groups in total. The lowest BCUT2D eigenvalue weighted by Gasteiger charge is -2.30. The molecule has 10 heteroatoms. The first-order valence-corrected chi connectivity index (χ1v) is 8.61. The van der Waals surface area contributed by atoms with Crippen LogP contribution in [-0.4, -0.2) is 54.7 Å². The molecule has 0 fully saturated rings. The Kier molecular flexibility index (Phi) is 9.30. The zero-order valence-corrected chi connectivity index (χ0v) is 16.5. The highest BCUT2D eigenvalue weighted by molar-refractivity contribution is 5.96. The molecule has 1 aromatic rings. The van der Waals surface area contributed by atoms with Crippen LogP contribution in [0.2, 0.25) is 0 Å². The van der Waals surface area contributed by atoms with Gasteiger partial charge in [-0.05, 0) is 12.1 Å². The molecule has 10 nitrogen and oxygen atoms in total. The van der Waals surface area contributed by atoms with E-state index in [1.165, 1.54) is 0 Å². The van der Waals surface area contributed by atoms with E-state index in [1.54, 1.807) is 30.3 Å². The van der Waals surface area contributed by atoms with Crippen LogP contribution in [-0.2, 0) is 42.9 Å². The van der Waals surface area contributed by atoms with Gasteiger partial charge in [-0.25, -0.2) is 0 Å². The van der Waals surface area contributed by atoms with E-state index in [9.17, 15) is 24.0 Å². The number of nitrogens with one attached hydrogen (secondary N) is 1. The monoisotopic (exact) mass is 409 g/mol. The number of benzene rings is 1. The fourth-order valence-electron chi connectivity index (χ4n) is 2.32. The Morgan fingerprint density at radius 2 is 1.34 bits per heavy atom. The molecule has 0 saturated carbocycles. The van der Waals surface area contributed by atoms with Crippen LogP contribution in [0.25, 0.3) is 0 Å². The third-order valence-electron chi connectivity index (χ3n) is 3.33. The highest BCUT2D eigenvalue weighted by Gasteiger charge is 2.42. The Morgan fingerprint density at radius 3 is 1.83 bits per heavy atom. The number of ether oxygens (including phenoxy) is 4. The van der Waals surface area contributed by atoms with Crippen molar-refractivity contribution in [2.45, 2.75) is 46.0 Å².